The normalized spacial score (nSPS) is 23.9. The third-order valence-electron chi connectivity index (χ3n) is 4.96. The fourth-order valence-electron chi connectivity index (χ4n) is 3.44. The van der Waals surface area contributed by atoms with E-state index in [1.165, 1.54) is 24.8 Å². The van der Waals surface area contributed by atoms with Gasteiger partial charge >= 0.3 is 0 Å². The van der Waals surface area contributed by atoms with Crippen molar-refractivity contribution in [2.24, 2.45) is 0 Å². The number of fused-ring (bicyclic) bond motifs is 1. The van der Waals surface area contributed by atoms with Crippen LogP contribution in [0, 0.1) is 5.82 Å². The molecule has 0 saturated carbocycles. The largest absolute Gasteiger partial charge is 0.494 e. The highest BCUT2D eigenvalue weighted by Crippen LogP contribution is 2.28. The number of hydrogen-bond acceptors (Lipinski definition) is 3. The minimum atomic E-state index is -0.457. The van der Waals surface area contributed by atoms with Crippen molar-refractivity contribution in [3.05, 3.63) is 95.2 Å². The Bertz CT molecular complexity index is 996. The van der Waals surface area contributed by atoms with Gasteiger partial charge in [-0.15, -0.1) is 0 Å². The summed E-state index contributed by atoms with van der Waals surface area (Å²) in [5.74, 6) is -0.448. The molecule has 28 heavy (non-hydrogen) atoms. The Labute approximate surface area is 163 Å². The summed E-state index contributed by atoms with van der Waals surface area (Å²) in [6.07, 6.45) is 16.1. The Hall–Kier alpha value is -3.18. The molecule has 0 atom stereocenters. The van der Waals surface area contributed by atoms with Gasteiger partial charge in [0.05, 0.1) is 7.11 Å². The van der Waals surface area contributed by atoms with E-state index in [9.17, 15) is 9.18 Å². The van der Waals surface area contributed by atoms with Gasteiger partial charge in [-0.05, 0) is 59.5 Å². The molecule has 5 heteroatoms. The second-order valence-corrected chi connectivity index (χ2v) is 6.71. The summed E-state index contributed by atoms with van der Waals surface area (Å²) < 4.78 is 19.1. The smallest absolute Gasteiger partial charge is 0.255 e. The second-order valence-electron chi connectivity index (χ2n) is 6.71. The van der Waals surface area contributed by atoms with Crippen LogP contribution >= 0.6 is 0 Å². The Balaban J connectivity index is 1.68. The van der Waals surface area contributed by atoms with Crippen LogP contribution in [0.15, 0.2) is 83.8 Å². The van der Waals surface area contributed by atoms with Gasteiger partial charge in [0.25, 0.3) is 5.91 Å². The lowest BCUT2D eigenvalue weighted by Crippen LogP contribution is -2.27. The Morgan fingerprint density at radius 2 is 2.07 bits per heavy atom. The molecule has 0 aliphatic carbocycles. The third-order valence-corrected chi connectivity index (χ3v) is 4.96. The number of rotatable bonds is 3. The van der Waals surface area contributed by atoms with E-state index < -0.39 is 5.82 Å². The second kappa shape index (κ2) is 7.82. The molecular formula is C23H21FN2O2. The number of ether oxygens (including phenoxy) is 1. The summed E-state index contributed by atoms with van der Waals surface area (Å²) in [6, 6.07) is 4.69. The number of carbonyl (C=O) groups excluding carboxylic acids is 1. The van der Waals surface area contributed by atoms with Gasteiger partial charge in [0.15, 0.2) is 11.6 Å². The molecule has 3 aliphatic rings. The fourth-order valence-corrected chi connectivity index (χ4v) is 3.44. The van der Waals surface area contributed by atoms with E-state index in [0.29, 0.717) is 11.1 Å². The summed E-state index contributed by atoms with van der Waals surface area (Å²) in [4.78, 5) is 14.6. The van der Waals surface area contributed by atoms with Crippen LogP contribution in [0.25, 0.3) is 5.57 Å². The number of carbonyl (C=O) groups is 1. The molecule has 3 aliphatic heterocycles. The lowest BCUT2D eigenvalue weighted by molar-refractivity contribution is -0.122. The molecule has 0 saturated heterocycles. The quantitative estimate of drug-likeness (QED) is 0.871. The lowest BCUT2D eigenvalue weighted by Gasteiger charge is -2.26. The molecule has 0 fully saturated rings. The van der Waals surface area contributed by atoms with Crippen molar-refractivity contribution in [2.75, 3.05) is 20.2 Å². The summed E-state index contributed by atoms with van der Waals surface area (Å²) in [7, 11) is 1.43. The van der Waals surface area contributed by atoms with Crippen molar-refractivity contribution < 1.29 is 13.9 Å². The van der Waals surface area contributed by atoms with Crippen LogP contribution in [-0.2, 0) is 4.79 Å². The summed E-state index contributed by atoms with van der Waals surface area (Å²) in [6.45, 7) is 1.77. The van der Waals surface area contributed by atoms with Crippen LogP contribution in [0.2, 0.25) is 0 Å². The Kier molecular flexibility index (Phi) is 5.08. The molecule has 4 nitrogen and oxygen atoms in total. The highest BCUT2D eigenvalue weighted by molar-refractivity contribution is 6.00. The molecule has 1 aromatic carbocycles. The highest BCUT2D eigenvalue weighted by Gasteiger charge is 2.20. The SMILES string of the molecule is COc1ccc(C2=C\C(=O)N3C=C(C4=CCNCC4)C=C\C3=C/C=C/2)cc1F. The monoisotopic (exact) mass is 376 g/mol. The first-order valence-electron chi connectivity index (χ1n) is 9.23. The predicted molar refractivity (Wildman–Crippen MR) is 108 cm³/mol. The maximum Gasteiger partial charge on any atom is 0.255 e. The van der Waals surface area contributed by atoms with E-state index in [1.54, 1.807) is 17.0 Å². The van der Waals surface area contributed by atoms with E-state index in [0.717, 1.165) is 30.8 Å². The zero-order valence-electron chi connectivity index (χ0n) is 15.6. The van der Waals surface area contributed by atoms with E-state index in [1.807, 2.05) is 36.6 Å². The first-order chi connectivity index (χ1) is 13.7. The van der Waals surface area contributed by atoms with Crippen molar-refractivity contribution in [3.8, 4) is 5.75 Å². The molecule has 0 unspecified atom stereocenters. The van der Waals surface area contributed by atoms with Crippen LogP contribution in [0.4, 0.5) is 4.39 Å². The van der Waals surface area contributed by atoms with Crippen LogP contribution in [0.5, 0.6) is 5.75 Å². The predicted octanol–water partition coefficient (Wildman–Crippen LogP) is 3.87. The van der Waals surface area contributed by atoms with Gasteiger partial charge in [0.2, 0.25) is 0 Å². The molecule has 1 aromatic rings. The van der Waals surface area contributed by atoms with Crippen molar-refractivity contribution in [2.45, 2.75) is 6.42 Å². The number of halogens is 1. The molecular weight excluding hydrogens is 355 g/mol. The topological polar surface area (TPSA) is 41.6 Å². The van der Waals surface area contributed by atoms with Gasteiger partial charge in [-0.2, -0.15) is 0 Å². The van der Waals surface area contributed by atoms with E-state index >= 15 is 0 Å². The number of benzene rings is 1. The minimum Gasteiger partial charge on any atom is -0.494 e. The van der Waals surface area contributed by atoms with Gasteiger partial charge in [-0.3, -0.25) is 9.69 Å². The Morgan fingerprint density at radius 3 is 2.82 bits per heavy atom. The summed E-state index contributed by atoms with van der Waals surface area (Å²) >= 11 is 0. The lowest BCUT2D eigenvalue weighted by atomic mass is 9.97. The van der Waals surface area contributed by atoms with Gasteiger partial charge in [0.1, 0.15) is 0 Å². The van der Waals surface area contributed by atoms with Crippen molar-refractivity contribution in [1.82, 2.24) is 10.2 Å². The van der Waals surface area contributed by atoms with Crippen LogP contribution in [0.3, 0.4) is 0 Å². The molecule has 4 rings (SSSR count). The molecule has 0 spiro atoms. The van der Waals surface area contributed by atoms with Gasteiger partial charge < -0.3 is 10.1 Å². The van der Waals surface area contributed by atoms with Crippen LogP contribution in [-0.4, -0.2) is 31.0 Å². The van der Waals surface area contributed by atoms with Gasteiger partial charge in [0, 0.05) is 24.5 Å². The first kappa shape index (κ1) is 18.2. The number of nitrogens with zero attached hydrogens (tertiary/aromatic N) is 1. The fraction of sp³-hybridized carbons (Fsp3) is 0.174. The van der Waals surface area contributed by atoms with E-state index in [2.05, 4.69) is 11.4 Å². The van der Waals surface area contributed by atoms with Gasteiger partial charge in [-0.1, -0.05) is 30.4 Å². The molecule has 0 radical (unpaired) electrons. The first-order valence-corrected chi connectivity index (χ1v) is 9.23. The molecule has 0 aromatic heterocycles. The number of nitrogens with one attached hydrogen (secondary N) is 1. The molecule has 0 bridgehead atoms. The average Bonchev–Trinajstić information content (AvgIpc) is 2.72. The molecule has 142 valence electrons. The molecule has 1 N–H and O–H groups in total. The Morgan fingerprint density at radius 1 is 1.18 bits per heavy atom. The highest BCUT2D eigenvalue weighted by atomic mass is 19.1. The zero-order valence-corrected chi connectivity index (χ0v) is 15.6. The number of methoxy groups -OCH3 is 1. The van der Waals surface area contributed by atoms with Crippen molar-refractivity contribution in [3.63, 3.8) is 0 Å². The van der Waals surface area contributed by atoms with E-state index in [4.69, 9.17) is 4.74 Å². The number of allylic oxidation sites excluding steroid dienone is 7. The number of hydrogen-bond donors (Lipinski definition) is 1. The van der Waals surface area contributed by atoms with Gasteiger partial charge in [-0.25, -0.2) is 4.39 Å². The summed E-state index contributed by atoms with van der Waals surface area (Å²) in [5, 5.41) is 3.30. The minimum absolute atomic E-state index is 0.168. The third kappa shape index (κ3) is 3.62. The maximum atomic E-state index is 14.1. The molecule has 3 heterocycles. The number of amides is 1. The van der Waals surface area contributed by atoms with Crippen molar-refractivity contribution in [1.29, 1.82) is 0 Å². The summed E-state index contributed by atoms with van der Waals surface area (Å²) in [5.41, 5.74) is 4.35. The zero-order chi connectivity index (χ0) is 19.5. The van der Waals surface area contributed by atoms with Crippen LogP contribution < -0.4 is 10.1 Å². The van der Waals surface area contributed by atoms with Crippen LogP contribution in [0.1, 0.15) is 12.0 Å². The standard InChI is InChI=1S/C23H21FN2O2/c1-28-22-8-6-18(13-21(22)24)17-3-2-4-20-7-5-19(15-26(20)23(27)14-17)16-9-11-25-12-10-16/h2-9,13-15,25H,10-12H2,1H3/b3-2+,17-14+,20-4+. The van der Waals surface area contributed by atoms with Crippen molar-refractivity contribution >= 4 is 11.5 Å². The molecule has 1 amide bonds. The van der Waals surface area contributed by atoms with E-state index in [-0.39, 0.29) is 11.7 Å². The average molecular weight is 376 g/mol. The maximum absolute atomic E-state index is 14.1.